The highest BCUT2D eigenvalue weighted by Gasteiger charge is 2.14. The summed E-state index contributed by atoms with van der Waals surface area (Å²) in [4.78, 5) is 11.6. The number of carbonyl (C=O) groups excluding carboxylic acids is 1. The average molecular weight is 270 g/mol. The Kier molecular flexibility index (Phi) is 5.89. The second-order valence-corrected chi connectivity index (χ2v) is 4.70. The second-order valence-electron chi connectivity index (χ2n) is 4.70. The van der Waals surface area contributed by atoms with Crippen molar-refractivity contribution in [2.45, 2.75) is 33.2 Å². The molecule has 0 saturated heterocycles. The molecule has 1 aromatic carbocycles. The molecular weight excluding hydrogens is 250 g/mol. The van der Waals surface area contributed by atoms with Gasteiger partial charge in [0.2, 0.25) is 5.91 Å². The van der Waals surface area contributed by atoms with Crippen molar-refractivity contribution in [2.75, 3.05) is 11.9 Å². The van der Waals surface area contributed by atoms with Crippen molar-refractivity contribution >= 4 is 11.6 Å². The lowest BCUT2D eigenvalue weighted by atomic mass is 10.0. The van der Waals surface area contributed by atoms with Gasteiger partial charge < -0.3 is 10.6 Å². The Morgan fingerprint density at radius 3 is 2.37 bits per heavy atom. The number of rotatable bonds is 6. The molecule has 2 atom stereocenters. The largest absolute Gasteiger partial charge is 0.320 e. The maximum Gasteiger partial charge on any atom is 0.238 e. The summed E-state index contributed by atoms with van der Waals surface area (Å²) in [5.74, 6) is -1.58. The van der Waals surface area contributed by atoms with Gasteiger partial charge in [0.05, 0.1) is 6.54 Å². The molecule has 1 amide bonds. The van der Waals surface area contributed by atoms with Crippen LogP contribution in [0.2, 0.25) is 0 Å². The number of hydrogen-bond donors (Lipinski definition) is 2. The highest BCUT2D eigenvalue weighted by molar-refractivity contribution is 5.92. The van der Waals surface area contributed by atoms with Gasteiger partial charge in [-0.3, -0.25) is 4.79 Å². The normalized spacial score (nSPS) is 13.9. The van der Waals surface area contributed by atoms with E-state index in [1.165, 1.54) is 6.07 Å². The Hall–Kier alpha value is -1.49. The van der Waals surface area contributed by atoms with Gasteiger partial charge in [0, 0.05) is 6.04 Å². The van der Waals surface area contributed by atoms with Gasteiger partial charge in [-0.05, 0) is 25.0 Å². The van der Waals surface area contributed by atoms with Crippen LogP contribution in [-0.2, 0) is 4.79 Å². The summed E-state index contributed by atoms with van der Waals surface area (Å²) in [6.45, 7) is 6.15. The summed E-state index contributed by atoms with van der Waals surface area (Å²) in [5.41, 5.74) is -0.398. The first-order chi connectivity index (χ1) is 8.95. The van der Waals surface area contributed by atoms with E-state index in [1.54, 1.807) is 0 Å². The molecule has 0 bridgehead atoms. The van der Waals surface area contributed by atoms with E-state index in [1.807, 2.05) is 6.92 Å². The molecule has 2 unspecified atom stereocenters. The van der Waals surface area contributed by atoms with E-state index in [0.29, 0.717) is 5.92 Å². The molecule has 0 aliphatic carbocycles. The molecule has 5 heteroatoms. The van der Waals surface area contributed by atoms with E-state index in [-0.39, 0.29) is 12.6 Å². The van der Waals surface area contributed by atoms with E-state index < -0.39 is 23.2 Å². The highest BCUT2D eigenvalue weighted by atomic mass is 19.1. The first-order valence-corrected chi connectivity index (χ1v) is 6.43. The van der Waals surface area contributed by atoms with Gasteiger partial charge in [0.1, 0.15) is 17.3 Å². The number of benzene rings is 1. The van der Waals surface area contributed by atoms with E-state index in [0.717, 1.165) is 18.6 Å². The summed E-state index contributed by atoms with van der Waals surface area (Å²) in [7, 11) is 0. The molecule has 0 spiro atoms. The zero-order valence-corrected chi connectivity index (χ0v) is 11.5. The molecular formula is C14H20F2N2O. The molecule has 0 aromatic heterocycles. The number of para-hydroxylation sites is 1. The standard InChI is InChI=1S/C14H20F2N2O/c1-4-9(2)10(3)17-8-13(19)18-14-11(15)6-5-7-12(14)16/h5-7,9-10,17H,4,8H2,1-3H3,(H,18,19). The topological polar surface area (TPSA) is 41.1 Å². The Balaban J connectivity index is 2.52. The van der Waals surface area contributed by atoms with E-state index in [4.69, 9.17) is 0 Å². The fourth-order valence-corrected chi connectivity index (χ4v) is 1.61. The van der Waals surface area contributed by atoms with Gasteiger partial charge in [0.15, 0.2) is 0 Å². The minimum absolute atomic E-state index is 0.0271. The highest BCUT2D eigenvalue weighted by Crippen LogP contribution is 2.17. The predicted octanol–water partition coefficient (Wildman–Crippen LogP) is 2.93. The van der Waals surface area contributed by atoms with Crippen LogP contribution < -0.4 is 10.6 Å². The monoisotopic (exact) mass is 270 g/mol. The van der Waals surface area contributed by atoms with Crippen molar-refractivity contribution < 1.29 is 13.6 Å². The Morgan fingerprint density at radius 2 is 1.84 bits per heavy atom. The van der Waals surface area contributed by atoms with Gasteiger partial charge in [-0.2, -0.15) is 0 Å². The zero-order valence-electron chi connectivity index (χ0n) is 11.5. The molecule has 0 radical (unpaired) electrons. The summed E-state index contributed by atoms with van der Waals surface area (Å²) >= 11 is 0. The number of anilines is 1. The van der Waals surface area contributed by atoms with Crippen molar-refractivity contribution in [2.24, 2.45) is 5.92 Å². The second kappa shape index (κ2) is 7.19. The molecule has 1 aromatic rings. The van der Waals surface area contributed by atoms with Crippen LogP contribution in [0.4, 0.5) is 14.5 Å². The number of amides is 1. The number of halogens is 2. The minimum Gasteiger partial charge on any atom is -0.320 e. The average Bonchev–Trinajstić information content (AvgIpc) is 2.39. The maximum absolute atomic E-state index is 13.3. The first-order valence-electron chi connectivity index (χ1n) is 6.43. The van der Waals surface area contributed by atoms with Gasteiger partial charge in [-0.1, -0.05) is 26.3 Å². The van der Waals surface area contributed by atoms with Crippen LogP contribution in [0.15, 0.2) is 18.2 Å². The third-order valence-corrected chi connectivity index (χ3v) is 3.31. The minimum atomic E-state index is -0.775. The van der Waals surface area contributed by atoms with E-state index >= 15 is 0 Å². The third kappa shape index (κ3) is 4.59. The van der Waals surface area contributed by atoms with E-state index in [9.17, 15) is 13.6 Å². The third-order valence-electron chi connectivity index (χ3n) is 3.31. The van der Waals surface area contributed by atoms with Gasteiger partial charge in [0.25, 0.3) is 0 Å². The smallest absolute Gasteiger partial charge is 0.238 e. The molecule has 0 fully saturated rings. The summed E-state index contributed by atoms with van der Waals surface area (Å²) in [6, 6.07) is 3.63. The Bertz CT molecular complexity index is 417. The summed E-state index contributed by atoms with van der Waals surface area (Å²) in [6.07, 6.45) is 0.998. The molecule has 0 aliphatic heterocycles. The van der Waals surface area contributed by atoms with Crippen LogP contribution in [0, 0.1) is 17.6 Å². The van der Waals surface area contributed by atoms with Crippen LogP contribution in [0.5, 0.6) is 0 Å². The SMILES string of the molecule is CCC(C)C(C)NCC(=O)Nc1c(F)cccc1F. The van der Waals surface area contributed by atoms with Gasteiger partial charge in [-0.25, -0.2) is 8.78 Å². The van der Waals surface area contributed by atoms with Crippen molar-refractivity contribution in [3.8, 4) is 0 Å². The zero-order chi connectivity index (χ0) is 14.4. The fraction of sp³-hybridized carbons (Fsp3) is 0.500. The van der Waals surface area contributed by atoms with Crippen molar-refractivity contribution in [1.82, 2.24) is 5.32 Å². The fourth-order valence-electron chi connectivity index (χ4n) is 1.61. The number of hydrogen-bond acceptors (Lipinski definition) is 2. The van der Waals surface area contributed by atoms with Crippen LogP contribution in [0.1, 0.15) is 27.2 Å². The summed E-state index contributed by atoms with van der Waals surface area (Å²) in [5, 5.41) is 5.27. The molecule has 0 aliphatic rings. The van der Waals surface area contributed by atoms with E-state index in [2.05, 4.69) is 24.5 Å². The van der Waals surface area contributed by atoms with Crippen molar-refractivity contribution in [3.63, 3.8) is 0 Å². The lowest BCUT2D eigenvalue weighted by Crippen LogP contribution is -2.38. The lowest BCUT2D eigenvalue weighted by molar-refractivity contribution is -0.115. The van der Waals surface area contributed by atoms with Crippen LogP contribution in [-0.4, -0.2) is 18.5 Å². The summed E-state index contributed by atoms with van der Waals surface area (Å²) < 4.78 is 26.6. The van der Waals surface area contributed by atoms with Crippen LogP contribution >= 0.6 is 0 Å². The predicted molar refractivity (Wildman–Crippen MR) is 71.9 cm³/mol. The Morgan fingerprint density at radius 1 is 1.26 bits per heavy atom. The van der Waals surface area contributed by atoms with Gasteiger partial charge >= 0.3 is 0 Å². The molecule has 0 saturated carbocycles. The van der Waals surface area contributed by atoms with Crippen molar-refractivity contribution in [1.29, 1.82) is 0 Å². The van der Waals surface area contributed by atoms with Crippen molar-refractivity contribution in [3.05, 3.63) is 29.8 Å². The van der Waals surface area contributed by atoms with Gasteiger partial charge in [-0.15, -0.1) is 0 Å². The first kappa shape index (κ1) is 15.6. The molecule has 3 nitrogen and oxygen atoms in total. The van der Waals surface area contributed by atoms with Crippen LogP contribution in [0.25, 0.3) is 0 Å². The number of nitrogens with one attached hydrogen (secondary N) is 2. The molecule has 0 heterocycles. The molecule has 19 heavy (non-hydrogen) atoms. The Labute approximate surface area is 112 Å². The number of carbonyl (C=O) groups is 1. The molecule has 2 N–H and O–H groups in total. The molecule has 1 rings (SSSR count). The maximum atomic E-state index is 13.3. The quantitative estimate of drug-likeness (QED) is 0.834. The lowest BCUT2D eigenvalue weighted by Gasteiger charge is -2.19. The van der Waals surface area contributed by atoms with Crippen LogP contribution in [0.3, 0.4) is 0 Å². The molecule has 106 valence electrons.